The number of fused-ring (bicyclic) bond motifs is 2. The summed E-state index contributed by atoms with van der Waals surface area (Å²) in [5, 5.41) is 59.5. The average molecular weight is 609 g/mol. The minimum Gasteiger partial charge on any atom is -0.455 e. The molecular formula is C34H40O10. The van der Waals surface area contributed by atoms with Gasteiger partial charge in [0.05, 0.1) is 23.4 Å². The van der Waals surface area contributed by atoms with Crippen LogP contribution < -0.4 is 0 Å². The Morgan fingerprint density at radius 3 is 2.18 bits per heavy atom. The second-order valence-electron chi connectivity index (χ2n) is 13.8. The van der Waals surface area contributed by atoms with Crippen molar-refractivity contribution in [2.75, 3.05) is 0 Å². The molecule has 2 aromatic rings. The van der Waals surface area contributed by atoms with Crippen molar-refractivity contribution in [3.8, 4) is 0 Å². The molecule has 14 atom stereocenters. The van der Waals surface area contributed by atoms with Crippen molar-refractivity contribution in [3.63, 3.8) is 0 Å². The lowest BCUT2D eigenvalue weighted by Crippen LogP contribution is -2.77. The maximum atomic E-state index is 13.7. The number of rotatable bonds is 4. The Hall–Kier alpha value is -2.67. The zero-order valence-corrected chi connectivity index (χ0v) is 25.2. The van der Waals surface area contributed by atoms with Gasteiger partial charge in [-0.05, 0) is 43.9 Å². The van der Waals surface area contributed by atoms with Crippen molar-refractivity contribution in [3.05, 3.63) is 83.9 Å². The molecule has 10 nitrogen and oxygen atoms in total. The maximum absolute atomic E-state index is 13.7. The smallest absolute Gasteiger partial charge is 0.338 e. The molecule has 0 amide bonds. The van der Waals surface area contributed by atoms with Gasteiger partial charge in [0.15, 0.2) is 5.60 Å². The lowest BCUT2D eigenvalue weighted by Gasteiger charge is -2.62. The Labute approximate surface area is 255 Å². The molecule has 44 heavy (non-hydrogen) atoms. The van der Waals surface area contributed by atoms with E-state index in [-0.39, 0.29) is 6.42 Å². The first-order valence-corrected chi connectivity index (χ1v) is 15.2. The second-order valence-corrected chi connectivity index (χ2v) is 13.8. The molecule has 3 saturated carbocycles. The number of aliphatic hydroxyl groups excluding tert-OH is 3. The van der Waals surface area contributed by atoms with Gasteiger partial charge in [-0.1, -0.05) is 69.0 Å². The van der Waals surface area contributed by atoms with Crippen molar-refractivity contribution in [1.29, 1.82) is 0 Å². The van der Waals surface area contributed by atoms with Gasteiger partial charge in [0, 0.05) is 23.3 Å². The van der Waals surface area contributed by atoms with Crippen molar-refractivity contribution >= 4 is 5.97 Å². The van der Waals surface area contributed by atoms with Crippen LogP contribution in [0.15, 0.2) is 72.8 Å². The summed E-state index contributed by atoms with van der Waals surface area (Å²) in [4.78, 5) is 13.7. The molecule has 2 saturated heterocycles. The third-order valence-corrected chi connectivity index (χ3v) is 11.4. The SMILES string of the molecule is C=C(C)[C@@]12OC3(c4ccccc4)O[C@@H]1[C@@H]1[C@H](O)[C@](C)(O)[C@@H](O)[C@@]4(O)[C@@H](C[C@H](C)[C@@H]4O)[C@@]1(O3)[C@H](C)[C@@H]2OC(=O)c1ccccc1. The van der Waals surface area contributed by atoms with Gasteiger partial charge in [-0.25, -0.2) is 4.79 Å². The topological polar surface area (TPSA) is 155 Å². The standard InChI is InChI=1S/C34H40O10/c1-17(2)32-26(41-28(37)20-12-8-6-9-13-20)19(4)33-22-16-18(3)24(35)31(22,40)29(38)30(5,39)25(36)23(33)27(32)42-34(43-32,44-33)21-14-10-7-11-15-21/h6-15,18-19,22-27,29,35-36,38-40H,1,16H2,2-5H3/t18-,19+,22+,23-,24-,25-,26-,27+,29+,30-,31+,32-,33-,34?/m0/s1. The van der Waals surface area contributed by atoms with Crippen LogP contribution in [0, 0.1) is 23.7 Å². The molecule has 3 bridgehead atoms. The lowest BCUT2D eigenvalue weighted by molar-refractivity contribution is -0.447. The van der Waals surface area contributed by atoms with E-state index >= 15 is 0 Å². The molecule has 5 fully saturated rings. The highest BCUT2D eigenvalue weighted by molar-refractivity contribution is 5.89. The van der Waals surface area contributed by atoms with Gasteiger partial charge in [0.1, 0.15) is 29.5 Å². The fraction of sp³-hybridized carbons (Fsp3) is 0.559. The van der Waals surface area contributed by atoms with Gasteiger partial charge >= 0.3 is 11.9 Å². The second kappa shape index (κ2) is 9.43. The molecule has 0 aromatic heterocycles. The number of carbonyl (C=O) groups is 1. The Kier molecular flexibility index (Phi) is 6.43. The van der Waals surface area contributed by atoms with E-state index in [1.807, 2.05) is 6.07 Å². The highest BCUT2D eigenvalue weighted by Gasteiger charge is 2.87. The number of ether oxygens (including phenoxy) is 4. The van der Waals surface area contributed by atoms with Crippen LogP contribution in [0.2, 0.25) is 0 Å². The van der Waals surface area contributed by atoms with E-state index in [0.717, 1.165) is 0 Å². The Bertz CT molecular complexity index is 1480. The summed E-state index contributed by atoms with van der Waals surface area (Å²) in [5.41, 5.74) is -6.66. The Morgan fingerprint density at radius 2 is 1.57 bits per heavy atom. The van der Waals surface area contributed by atoms with E-state index in [0.29, 0.717) is 16.7 Å². The normalized spacial score (nSPS) is 50.4. The van der Waals surface area contributed by atoms with Gasteiger partial charge in [0.2, 0.25) is 0 Å². The van der Waals surface area contributed by atoms with Crippen molar-refractivity contribution in [2.45, 2.75) is 93.0 Å². The lowest BCUT2D eigenvalue weighted by atomic mass is 9.52. The fourth-order valence-electron chi connectivity index (χ4n) is 9.33. The molecule has 2 aromatic carbocycles. The average Bonchev–Trinajstić information content (AvgIpc) is 3.40. The van der Waals surface area contributed by atoms with Crippen LogP contribution in [0.4, 0.5) is 0 Å². The molecule has 2 heterocycles. The van der Waals surface area contributed by atoms with Crippen LogP contribution in [0.3, 0.4) is 0 Å². The van der Waals surface area contributed by atoms with Crippen molar-refractivity contribution < 1.29 is 49.3 Å². The highest BCUT2D eigenvalue weighted by Crippen LogP contribution is 2.72. The summed E-state index contributed by atoms with van der Waals surface area (Å²) in [6.07, 6.45) is -7.26. The predicted molar refractivity (Wildman–Crippen MR) is 155 cm³/mol. The summed E-state index contributed by atoms with van der Waals surface area (Å²) in [5.74, 6) is -6.08. The van der Waals surface area contributed by atoms with E-state index in [4.69, 9.17) is 18.9 Å². The van der Waals surface area contributed by atoms with Gasteiger partial charge in [-0.2, -0.15) is 0 Å². The number of hydrogen-bond acceptors (Lipinski definition) is 10. The van der Waals surface area contributed by atoms with Crippen LogP contribution in [-0.4, -0.2) is 84.4 Å². The zero-order chi connectivity index (χ0) is 31.6. The zero-order valence-electron chi connectivity index (χ0n) is 25.2. The van der Waals surface area contributed by atoms with Crippen molar-refractivity contribution in [2.24, 2.45) is 23.7 Å². The third-order valence-electron chi connectivity index (χ3n) is 11.4. The van der Waals surface area contributed by atoms with E-state index in [1.54, 1.807) is 75.4 Å². The summed E-state index contributed by atoms with van der Waals surface area (Å²) in [6, 6.07) is 17.4. The summed E-state index contributed by atoms with van der Waals surface area (Å²) in [6.45, 7) is 10.7. The quantitative estimate of drug-likeness (QED) is 0.257. The largest absolute Gasteiger partial charge is 0.455 e. The molecule has 0 spiro atoms. The highest BCUT2D eigenvalue weighted by atomic mass is 16.9. The van der Waals surface area contributed by atoms with Gasteiger partial charge < -0.3 is 44.5 Å². The van der Waals surface area contributed by atoms with Crippen LogP contribution in [-0.2, 0) is 24.9 Å². The van der Waals surface area contributed by atoms with Crippen LogP contribution in [0.5, 0.6) is 0 Å². The first-order chi connectivity index (χ1) is 20.7. The Morgan fingerprint density at radius 1 is 0.955 bits per heavy atom. The predicted octanol–water partition coefficient (Wildman–Crippen LogP) is 2.02. The molecule has 0 radical (unpaired) electrons. The van der Waals surface area contributed by atoms with Crippen molar-refractivity contribution in [1.82, 2.24) is 0 Å². The molecule has 3 aliphatic carbocycles. The van der Waals surface area contributed by atoms with Crippen LogP contribution >= 0.6 is 0 Å². The molecule has 5 aliphatic rings. The van der Waals surface area contributed by atoms with Gasteiger partial charge in [0.25, 0.3) is 0 Å². The molecule has 2 aliphatic heterocycles. The summed E-state index contributed by atoms with van der Waals surface area (Å²) in [7, 11) is 0. The molecule has 7 rings (SSSR count). The number of aliphatic hydroxyl groups is 5. The van der Waals surface area contributed by atoms with Gasteiger partial charge in [-0.15, -0.1) is 0 Å². The first kappa shape index (κ1) is 30.0. The van der Waals surface area contributed by atoms with E-state index in [2.05, 4.69) is 6.58 Å². The number of benzene rings is 2. The summed E-state index contributed by atoms with van der Waals surface area (Å²) < 4.78 is 27.0. The molecular weight excluding hydrogens is 568 g/mol. The molecule has 1 unspecified atom stereocenters. The minimum absolute atomic E-state index is 0.162. The first-order valence-electron chi connectivity index (χ1n) is 15.2. The van der Waals surface area contributed by atoms with Crippen LogP contribution in [0.25, 0.3) is 0 Å². The summed E-state index contributed by atoms with van der Waals surface area (Å²) >= 11 is 0. The molecule has 236 valence electrons. The van der Waals surface area contributed by atoms with E-state index in [1.165, 1.54) is 6.92 Å². The van der Waals surface area contributed by atoms with E-state index < -0.39 is 88.5 Å². The molecule has 10 heteroatoms. The van der Waals surface area contributed by atoms with Gasteiger partial charge in [-0.3, -0.25) is 0 Å². The number of hydrogen-bond donors (Lipinski definition) is 5. The van der Waals surface area contributed by atoms with Crippen LogP contribution in [0.1, 0.15) is 50.0 Å². The monoisotopic (exact) mass is 608 g/mol. The minimum atomic E-state index is -2.32. The number of carbonyl (C=O) groups excluding carboxylic acids is 1. The fourth-order valence-corrected chi connectivity index (χ4v) is 9.33. The van der Waals surface area contributed by atoms with E-state index in [9.17, 15) is 30.3 Å². The maximum Gasteiger partial charge on any atom is 0.338 e. The number of esters is 1. The Balaban J connectivity index is 1.52. The molecule has 5 N–H and O–H groups in total. The third kappa shape index (κ3) is 3.40.